The third-order valence-corrected chi connectivity index (χ3v) is 7.24. The highest BCUT2D eigenvalue weighted by Crippen LogP contribution is 2.24. The Morgan fingerprint density at radius 1 is 1.07 bits per heavy atom. The van der Waals surface area contributed by atoms with Crippen molar-refractivity contribution in [2.24, 2.45) is 0 Å². The van der Waals surface area contributed by atoms with Gasteiger partial charge in [0.2, 0.25) is 15.9 Å². The van der Waals surface area contributed by atoms with E-state index >= 15 is 0 Å². The Labute approximate surface area is 168 Å². The minimum absolute atomic E-state index is 0.0776. The molecule has 0 aliphatic carbocycles. The third-order valence-electron chi connectivity index (χ3n) is 4.53. The highest BCUT2D eigenvalue weighted by Gasteiger charge is 2.29. The van der Waals surface area contributed by atoms with Crippen molar-refractivity contribution < 1.29 is 17.6 Å². The van der Waals surface area contributed by atoms with Gasteiger partial charge in [-0.3, -0.25) is 9.69 Å². The molecule has 1 saturated heterocycles. The number of benzene rings is 2. The van der Waals surface area contributed by atoms with E-state index in [0.717, 1.165) is 22.7 Å². The second-order valence-corrected chi connectivity index (χ2v) is 9.17. The number of sulfonamides is 1. The molecule has 1 aliphatic heterocycles. The summed E-state index contributed by atoms with van der Waals surface area (Å²) < 4.78 is 39.7. The standard InChI is InChI=1S/C19H22FN3O3S2/c1-27-18-5-3-2-4-17(18)21-19(24)14-22-10-12-23(13-11-22)28(25,26)16-8-6-15(20)7-9-16/h2-9H,10-14H2,1H3,(H,21,24). The van der Waals surface area contributed by atoms with E-state index in [1.807, 2.05) is 35.4 Å². The van der Waals surface area contributed by atoms with Crippen LogP contribution in [-0.4, -0.2) is 62.5 Å². The van der Waals surface area contributed by atoms with Gasteiger partial charge in [0.15, 0.2) is 0 Å². The van der Waals surface area contributed by atoms with Crippen LogP contribution in [0.25, 0.3) is 0 Å². The van der Waals surface area contributed by atoms with Gasteiger partial charge < -0.3 is 5.32 Å². The van der Waals surface area contributed by atoms with E-state index in [1.54, 1.807) is 11.8 Å². The molecule has 9 heteroatoms. The lowest BCUT2D eigenvalue weighted by Gasteiger charge is -2.33. The Kier molecular flexibility index (Phi) is 6.71. The molecule has 1 amide bonds. The first-order valence-corrected chi connectivity index (χ1v) is 11.5. The normalized spacial score (nSPS) is 16.1. The minimum Gasteiger partial charge on any atom is -0.324 e. The van der Waals surface area contributed by atoms with E-state index in [0.29, 0.717) is 13.1 Å². The molecule has 1 heterocycles. The van der Waals surface area contributed by atoms with E-state index in [-0.39, 0.29) is 30.4 Å². The predicted octanol–water partition coefficient (Wildman–Crippen LogP) is 2.49. The zero-order valence-electron chi connectivity index (χ0n) is 15.5. The number of nitrogens with zero attached hydrogens (tertiary/aromatic N) is 2. The molecule has 150 valence electrons. The number of thioether (sulfide) groups is 1. The molecule has 0 bridgehead atoms. The van der Waals surface area contributed by atoms with Crippen molar-refractivity contribution in [3.63, 3.8) is 0 Å². The van der Waals surface area contributed by atoms with Gasteiger partial charge in [-0.15, -0.1) is 11.8 Å². The lowest BCUT2D eigenvalue weighted by molar-refractivity contribution is -0.117. The van der Waals surface area contributed by atoms with Crippen molar-refractivity contribution in [1.82, 2.24) is 9.21 Å². The van der Waals surface area contributed by atoms with Crippen molar-refractivity contribution >= 4 is 33.4 Å². The Morgan fingerprint density at radius 2 is 1.71 bits per heavy atom. The average Bonchev–Trinajstić information content (AvgIpc) is 2.69. The lowest BCUT2D eigenvalue weighted by atomic mass is 10.3. The van der Waals surface area contributed by atoms with Crippen LogP contribution in [0.1, 0.15) is 0 Å². The van der Waals surface area contributed by atoms with E-state index in [4.69, 9.17) is 0 Å². The summed E-state index contributed by atoms with van der Waals surface area (Å²) in [5.41, 5.74) is 0.775. The van der Waals surface area contributed by atoms with Crippen molar-refractivity contribution in [2.45, 2.75) is 9.79 Å². The maximum atomic E-state index is 13.0. The fraction of sp³-hybridized carbons (Fsp3) is 0.316. The van der Waals surface area contributed by atoms with Gasteiger partial charge in [-0.2, -0.15) is 4.31 Å². The quantitative estimate of drug-likeness (QED) is 0.723. The summed E-state index contributed by atoms with van der Waals surface area (Å²) in [6, 6.07) is 12.4. The predicted molar refractivity (Wildman–Crippen MR) is 108 cm³/mol. The molecule has 0 radical (unpaired) electrons. The molecule has 6 nitrogen and oxygen atoms in total. The molecule has 2 aromatic carbocycles. The molecule has 2 aromatic rings. The minimum atomic E-state index is -3.65. The fourth-order valence-corrected chi connectivity index (χ4v) is 5.00. The Hall–Kier alpha value is -1.94. The summed E-state index contributed by atoms with van der Waals surface area (Å²) in [4.78, 5) is 15.3. The molecular weight excluding hydrogens is 401 g/mol. The number of amides is 1. The number of hydrogen-bond acceptors (Lipinski definition) is 5. The molecular formula is C19H22FN3O3S2. The first-order valence-electron chi connectivity index (χ1n) is 8.81. The average molecular weight is 424 g/mol. The van der Waals surface area contributed by atoms with E-state index in [1.165, 1.54) is 16.4 Å². The van der Waals surface area contributed by atoms with Crippen LogP contribution < -0.4 is 5.32 Å². The van der Waals surface area contributed by atoms with E-state index in [9.17, 15) is 17.6 Å². The number of nitrogens with one attached hydrogen (secondary N) is 1. The zero-order valence-corrected chi connectivity index (χ0v) is 17.1. The molecule has 1 aliphatic rings. The maximum absolute atomic E-state index is 13.0. The topological polar surface area (TPSA) is 69.7 Å². The van der Waals surface area contributed by atoms with Crippen LogP contribution in [-0.2, 0) is 14.8 Å². The van der Waals surface area contributed by atoms with Gasteiger partial charge in [0.05, 0.1) is 17.1 Å². The second-order valence-electron chi connectivity index (χ2n) is 6.38. The van der Waals surface area contributed by atoms with Gasteiger partial charge in [0, 0.05) is 31.1 Å². The van der Waals surface area contributed by atoms with Gasteiger partial charge in [-0.05, 0) is 42.7 Å². The van der Waals surface area contributed by atoms with Crippen LogP contribution in [0.15, 0.2) is 58.3 Å². The smallest absolute Gasteiger partial charge is 0.243 e. The molecule has 28 heavy (non-hydrogen) atoms. The fourth-order valence-electron chi connectivity index (χ4n) is 3.02. The molecule has 0 spiro atoms. The SMILES string of the molecule is CSc1ccccc1NC(=O)CN1CCN(S(=O)(=O)c2ccc(F)cc2)CC1. The molecule has 0 aromatic heterocycles. The number of piperazine rings is 1. The largest absolute Gasteiger partial charge is 0.324 e. The van der Waals surface area contributed by atoms with Gasteiger partial charge >= 0.3 is 0 Å². The van der Waals surface area contributed by atoms with Crippen molar-refractivity contribution in [2.75, 3.05) is 44.3 Å². The molecule has 0 atom stereocenters. The summed E-state index contributed by atoms with van der Waals surface area (Å²) in [6.45, 7) is 1.69. The zero-order chi connectivity index (χ0) is 20.1. The Morgan fingerprint density at radius 3 is 2.36 bits per heavy atom. The van der Waals surface area contributed by atoms with Gasteiger partial charge in [-0.25, -0.2) is 12.8 Å². The van der Waals surface area contributed by atoms with Crippen LogP contribution in [0.2, 0.25) is 0 Å². The van der Waals surface area contributed by atoms with Crippen molar-refractivity contribution in [3.8, 4) is 0 Å². The van der Waals surface area contributed by atoms with Gasteiger partial charge in [0.25, 0.3) is 0 Å². The molecule has 3 rings (SSSR count). The van der Waals surface area contributed by atoms with E-state index in [2.05, 4.69) is 5.32 Å². The summed E-state index contributed by atoms with van der Waals surface area (Å²) in [6.07, 6.45) is 1.95. The van der Waals surface area contributed by atoms with Crippen LogP contribution >= 0.6 is 11.8 Å². The van der Waals surface area contributed by atoms with E-state index < -0.39 is 15.8 Å². The number of para-hydroxylation sites is 1. The van der Waals surface area contributed by atoms with Crippen LogP contribution in [0, 0.1) is 5.82 Å². The van der Waals surface area contributed by atoms with Crippen LogP contribution in [0.5, 0.6) is 0 Å². The monoisotopic (exact) mass is 423 g/mol. The van der Waals surface area contributed by atoms with Crippen molar-refractivity contribution in [1.29, 1.82) is 0 Å². The van der Waals surface area contributed by atoms with Crippen LogP contribution in [0.3, 0.4) is 0 Å². The lowest BCUT2D eigenvalue weighted by Crippen LogP contribution is -2.50. The third kappa shape index (κ3) is 4.91. The summed E-state index contributed by atoms with van der Waals surface area (Å²) >= 11 is 1.56. The Balaban J connectivity index is 1.55. The molecule has 0 saturated carbocycles. The number of carbonyl (C=O) groups is 1. The van der Waals surface area contributed by atoms with Crippen LogP contribution in [0.4, 0.5) is 10.1 Å². The second kappa shape index (κ2) is 9.04. The number of halogens is 1. The Bertz CT molecular complexity index is 928. The highest BCUT2D eigenvalue weighted by molar-refractivity contribution is 7.98. The van der Waals surface area contributed by atoms with Gasteiger partial charge in [-0.1, -0.05) is 12.1 Å². The van der Waals surface area contributed by atoms with Crippen molar-refractivity contribution in [3.05, 3.63) is 54.3 Å². The highest BCUT2D eigenvalue weighted by atomic mass is 32.2. The summed E-state index contributed by atoms with van der Waals surface area (Å²) in [7, 11) is -3.65. The maximum Gasteiger partial charge on any atom is 0.243 e. The molecule has 0 unspecified atom stereocenters. The summed E-state index contributed by atoms with van der Waals surface area (Å²) in [5.74, 6) is -0.603. The first-order chi connectivity index (χ1) is 13.4. The number of carbonyl (C=O) groups excluding carboxylic acids is 1. The number of rotatable bonds is 6. The molecule has 1 N–H and O–H groups in total. The number of anilines is 1. The number of hydrogen-bond donors (Lipinski definition) is 1. The van der Waals surface area contributed by atoms with Gasteiger partial charge in [0.1, 0.15) is 5.82 Å². The molecule has 1 fully saturated rings. The first kappa shape index (κ1) is 20.8. The summed E-state index contributed by atoms with van der Waals surface area (Å²) in [5, 5.41) is 2.91.